The number of methoxy groups -OCH3 is 1. The molecule has 148 valence electrons. The fourth-order valence-electron chi connectivity index (χ4n) is 2.69. The molecule has 0 heterocycles. The zero-order valence-corrected chi connectivity index (χ0v) is 16.6. The van der Waals surface area contributed by atoms with Gasteiger partial charge >= 0.3 is 5.97 Å². The van der Waals surface area contributed by atoms with Crippen molar-refractivity contribution in [2.75, 3.05) is 12.4 Å². The molecule has 6 nitrogen and oxygen atoms in total. The van der Waals surface area contributed by atoms with Crippen molar-refractivity contribution in [3.63, 3.8) is 0 Å². The molecule has 0 aliphatic heterocycles. The molecule has 6 heteroatoms. The van der Waals surface area contributed by atoms with Crippen LogP contribution in [-0.2, 0) is 9.53 Å². The second-order valence-electron chi connectivity index (χ2n) is 7.58. The Morgan fingerprint density at radius 1 is 1.14 bits per heavy atom. The highest BCUT2D eigenvalue weighted by Crippen LogP contribution is 2.33. The Hall–Kier alpha value is -3.15. The van der Waals surface area contributed by atoms with Crippen molar-refractivity contribution in [1.29, 1.82) is 0 Å². The van der Waals surface area contributed by atoms with Crippen LogP contribution < -0.4 is 10.1 Å². The van der Waals surface area contributed by atoms with E-state index in [0.717, 1.165) is 6.42 Å². The molecule has 0 amide bonds. The molecule has 0 saturated carbocycles. The lowest BCUT2D eigenvalue weighted by atomic mass is 9.88. The number of carbonyl (C=O) groups excluding carboxylic acids is 1. The minimum absolute atomic E-state index is 0.00888. The summed E-state index contributed by atoms with van der Waals surface area (Å²) < 4.78 is 10.5. The monoisotopic (exact) mass is 382 g/mol. The molecule has 2 rings (SSSR count). The third-order valence-electron chi connectivity index (χ3n) is 3.88. The minimum atomic E-state index is -0.435. The largest absolute Gasteiger partial charge is 0.466 e. The molecule has 0 aromatic heterocycles. The first kappa shape index (κ1) is 21.2. The number of hydrogen-bond donors (Lipinski definition) is 1. The van der Waals surface area contributed by atoms with Gasteiger partial charge in [0.05, 0.1) is 12.8 Å². The highest BCUT2D eigenvalue weighted by atomic mass is 16.5. The van der Waals surface area contributed by atoms with Gasteiger partial charge in [0.25, 0.3) is 0 Å². The lowest BCUT2D eigenvalue weighted by molar-refractivity contribution is -0.134. The molecular formula is C22H26N2O4. The molecule has 0 bridgehead atoms. The van der Waals surface area contributed by atoms with Crippen molar-refractivity contribution in [3.05, 3.63) is 65.6 Å². The number of ether oxygens (including phenoxy) is 2. The van der Waals surface area contributed by atoms with E-state index in [1.54, 1.807) is 24.3 Å². The second kappa shape index (κ2) is 9.69. The van der Waals surface area contributed by atoms with Crippen LogP contribution in [0.5, 0.6) is 11.5 Å². The molecule has 0 aliphatic carbocycles. The number of carbonyl (C=O) groups is 1. The fraction of sp³-hybridized carbons (Fsp3) is 0.318. The first-order chi connectivity index (χ1) is 13.3. The van der Waals surface area contributed by atoms with Crippen molar-refractivity contribution in [3.8, 4) is 11.5 Å². The maximum Gasteiger partial charge on any atom is 0.330 e. The van der Waals surface area contributed by atoms with Crippen LogP contribution in [-0.4, -0.2) is 19.1 Å². The molecule has 0 saturated heterocycles. The average molecular weight is 382 g/mol. The van der Waals surface area contributed by atoms with Gasteiger partial charge < -0.3 is 14.8 Å². The molecular weight excluding hydrogens is 356 g/mol. The summed E-state index contributed by atoms with van der Waals surface area (Å²) in [6.45, 7) is 6.30. The summed E-state index contributed by atoms with van der Waals surface area (Å²) in [5.74, 6) is 0.834. The first-order valence-corrected chi connectivity index (χ1v) is 9.04. The normalized spacial score (nSPS) is 12.4. The number of benzene rings is 2. The quantitative estimate of drug-likeness (QED) is 0.353. The van der Waals surface area contributed by atoms with Gasteiger partial charge in [0, 0.05) is 18.2 Å². The zero-order chi connectivity index (χ0) is 20.6. The molecule has 0 aliphatic rings. The molecule has 0 spiro atoms. The number of rotatable bonds is 8. The van der Waals surface area contributed by atoms with Gasteiger partial charge in [-0.05, 0) is 41.3 Å². The third kappa shape index (κ3) is 6.87. The lowest BCUT2D eigenvalue weighted by Gasteiger charge is -2.26. The molecule has 1 N–H and O–H groups in total. The van der Waals surface area contributed by atoms with Gasteiger partial charge in [0.15, 0.2) is 0 Å². The van der Waals surface area contributed by atoms with Crippen LogP contribution in [0.4, 0.5) is 11.4 Å². The summed E-state index contributed by atoms with van der Waals surface area (Å²) in [6.07, 6.45) is 3.83. The van der Waals surface area contributed by atoms with Gasteiger partial charge in [-0.2, -0.15) is 0 Å². The summed E-state index contributed by atoms with van der Waals surface area (Å²) >= 11 is 0. The molecule has 1 atom stereocenters. The SMILES string of the molecule is COC(=O)/C=C/[C@@H](CC(C)(C)C)Nc1cc(Oc2ccccc2)ccc1N=O. The van der Waals surface area contributed by atoms with Crippen LogP contribution in [0.3, 0.4) is 0 Å². The topological polar surface area (TPSA) is 77.0 Å². The van der Waals surface area contributed by atoms with E-state index in [2.05, 4.69) is 36.0 Å². The van der Waals surface area contributed by atoms with E-state index in [0.29, 0.717) is 17.2 Å². The zero-order valence-electron chi connectivity index (χ0n) is 16.6. The number of hydrogen-bond acceptors (Lipinski definition) is 6. The Balaban J connectivity index is 2.27. The van der Waals surface area contributed by atoms with E-state index in [1.807, 2.05) is 30.3 Å². The van der Waals surface area contributed by atoms with Crippen molar-refractivity contribution in [1.82, 2.24) is 0 Å². The van der Waals surface area contributed by atoms with Crippen LogP contribution in [0.15, 0.2) is 65.9 Å². The predicted octanol–water partition coefficient (Wildman–Crippen LogP) is 5.82. The summed E-state index contributed by atoms with van der Waals surface area (Å²) in [4.78, 5) is 22.7. The average Bonchev–Trinajstić information content (AvgIpc) is 2.65. The van der Waals surface area contributed by atoms with Crippen molar-refractivity contribution in [2.45, 2.75) is 33.2 Å². The van der Waals surface area contributed by atoms with Crippen LogP contribution >= 0.6 is 0 Å². The van der Waals surface area contributed by atoms with E-state index in [1.165, 1.54) is 13.2 Å². The number of nitrogens with zero attached hydrogens (tertiary/aromatic N) is 1. The summed E-state index contributed by atoms with van der Waals surface area (Å²) in [5, 5.41) is 6.39. The number of esters is 1. The Bertz CT molecular complexity index is 826. The molecule has 0 unspecified atom stereocenters. The molecule has 2 aromatic rings. The van der Waals surface area contributed by atoms with E-state index in [-0.39, 0.29) is 17.1 Å². The van der Waals surface area contributed by atoms with Crippen LogP contribution in [0.25, 0.3) is 0 Å². The first-order valence-electron chi connectivity index (χ1n) is 9.04. The summed E-state index contributed by atoms with van der Waals surface area (Å²) in [7, 11) is 1.33. The minimum Gasteiger partial charge on any atom is -0.466 e. The maximum absolute atomic E-state index is 11.5. The van der Waals surface area contributed by atoms with E-state index >= 15 is 0 Å². The van der Waals surface area contributed by atoms with Crippen molar-refractivity contribution >= 4 is 17.3 Å². The second-order valence-corrected chi connectivity index (χ2v) is 7.58. The predicted molar refractivity (Wildman–Crippen MR) is 111 cm³/mol. The highest BCUT2D eigenvalue weighted by molar-refractivity contribution is 5.82. The number of nitrogens with one attached hydrogen (secondary N) is 1. The van der Waals surface area contributed by atoms with Crippen molar-refractivity contribution in [2.24, 2.45) is 10.6 Å². The van der Waals surface area contributed by atoms with Crippen LogP contribution in [0.2, 0.25) is 0 Å². The number of nitroso groups, excluding NO2 is 1. The van der Waals surface area contributed by atoms with Gasteiger partial charge in [-0.25, -0.2) is 4.79 Å². The van der Waals surface area contributed by atoms with E-state index in [4.69, 9.17) is 4.74 Å². The van der Waals surface area contributed by atoms with Gasteiger partial charge in [-0.3, -0.25) is 0 Å². The van der Waals surface area contributed by atoms with Crippen LogP contribution in [0.1, 0.15) is 27.2 Å². The molecule has 28 heavy (non-hydrogen) atoms. The highest BCUT2D eigenvalue weighted by Gasteiger charge is 2.19. The Morgan fingerprint density at radius 2 is 1.86 bits per heavy atom. The third-order valence-corrected chi connectivity index (χ3v) is 3.88. The van der Waals surface area contributed by atoms with Gasteiger partial charge in [0.2, 0.25) is 0 Å². The maximum atomic E-state index is 11.5. The van der Waals surface area contributed by atoms with E-state index in [9.17, 15) is 9.70 Å². The molecule has 2 aromatic carbocycles. The fourth-order valence-corrected chi connectivity index (χ4v) is 2.69. The Morgan fingerprint density at radius 3 is 2.46 bits per heavy atom. The van der Waals surface area contributed by atoms with Crippen molar-refractivity contribution < 1.29 is 14.3 Å². The summed E-state index contributed by atoms with van der Waals surface area (Å²) in [5.41, 5.74) is 0.795. The molecule has 0 radical (unpaired) electrons. The Kier molecular flexibility index (Phi) is 7.32. The lowest BCUT2D eigenvalue weighted by Crippen LogP contribution is -2.24. The standard InChI is InChI=1S/C22H26N2O4/c1-22(2,3)15-16(10-13-21(25)27-4)23-20-14-18(11-12-19(20)24-26)28-17-8-6-5-7-9-17/h5-14,16,23H,15H2,1-4H3/b13-10+/t16-/m0/s1. The number of para-hydroxylation sites is 1. The molecule has 0 fully saturated rings. The van der Waals surface area contributed by atoms with Crippen LogP contribution in [0, 0.1) is 10.3 Å². The number of anilines is 1. The van der Waals surface area contributed by atoms with E-state index < -0.39 is 5.97 Å². The van der Waals surface area contributed by atoms with Gasteiger partial charge in [-0.1, -0.05) is 45.0 Å². The summed E-state index contributed by atoms with van der Waals surface area (Å²) in [6, 6.07) is 14.2. The van der Waals surface area contributed by atoms with Gasteiger partial charge in [-0.15, -0.1) is 4.91 Å². The smallest absolute Gasteiger partial charge is 0.330 e. The Labute approximate surface area is 165 Å². The van der Waals surface area contributed by atoms with Gasteiger partial charge in [0.1, 0.15) is 17.2 Å².